The number of halogens is 3. The molecule has 0 bridgehead atoms. The summed E-state index contributed by atoms with van der Waals surface area (Å²) in [6.45, 7) is 1.45. The summed E-state index contributed by atoms with van der Waals surface area (Å²) in [5, 5.41) is -0.117. The van der Waals surface area contributed by atoms with Crippen LogP contribution in [0.5, 0.6) is 11.5 Å². The van der Waals surface area contributed by atoms with E-state index in [-0.39, 0.29) is 40.2 Å². The minimum atomic E-state index is -3.79. The summed E-state index contributed by atoms with van der Waals surface area (Å²) < 4.78 is 63.2. The Hall–Kier alpha value is -2.73. The van der Waals surface area contributed by atoms with Crippen LogP contribution < -0.4 is 14.4 Å². The molecule has 1 amide bonds. The van der Waals surface area contributed by atoms with Crippen LogP contribution in [0.25, 0.3) is 5.65 Å². The molecule has 8 nitrogen and oxygen atoms in total. The Balaban J connectivity index is 1.65. The van der Waals surface area contributed by atoms with Gasteiger partial charge in [0.1, 0.15) is 5.65 Å². The smallest absolute Gasteiger partial charge is 0.395 e. The van der Waals surface area contributed by atoms with Crippen LogP contribution in [0, 0.1) is 0 Å². The van der Waals surface area contributed by atoms with Crippen molar-refractivity contribution in [3.8, 4) is 11.5 Å². The molecule has 0 saturated heterocycles. The first-order chi connectivity index (χ1) is 14.1. The van der Waals surface area contributed by atoms with E-state index >= 15 is 0 Å². The van der Waals surface area contributed by atoms with Gasteiger partial charge in [0.25, 0.3) is 5.91 Å². The number of anilines is 1. The molecular weight excluding hydrogens is 488 g/mol. The van der Waals surface area contributed by atoms with Gasteiger partial charge in [0.2, 0.25) is 0 Å². The predicted molar refractivity (Wildman–Crippen MR) is 104 cm³/mol. The Morgan fingerprint density at radius 2 is 1.93 bits per heavy atom. The fraction of sp³-hybridized carbons (Fsp3) is 0.222. The second kappa shape index (κ2) is 6.14. The maximum atomic E-state index is 13.3. The number of nitrogens with zero attached hydrogens (tertiary/aromatic N) is 3. The number of imidazole rings is 1. The molecule has 0 atom stereocenters. The van der Waals surface area contributed by atoms with Gasteiger partial charge in [0, 0.05) is 16.2 Å². The van der Waals surface area contributed by atoms with E-state index in [0.717, 1.165) is 0 Å². The van der Waals surface area contributed by atoms with E-state index in [9.17, 15) is 22.0 Å². The summed E-state index contributed by atoms with van der Waals surface area (Å²) in [7, 11) is -3.77. The summed E-state index contributed by atoms with van der Waals surface area (Å²) >= 11 is 3.31. The van der Waals surface area contributed by atoms with Gasteiger partial charge in [-0.2, -0.15) is 0 Å². The van der Waals surface area contributed by atoms with E-state index in [1.54, 1.807) is 18.3 Å². The van der Waals surface area contributed by atoms with Gasteiger partial charge in [-0.1, -0.05) is 6.92 Å². The first kappa shape index (κ1) is 19.2. The Morgan fingerprint density at radius 1 is 1.23 bits per heavy atom. The molecule has 0 fully saturated rings. The van der Waals surface area contributed by atoms with Crippen LogP contribution in [-0.4, -0.2) is 35.8 Å². The maximum Gasteiger partial charge on any atom is 0.586 e. The molecule has 0 radical (unpaired) electrons. The number of carbonyl (C=O) groups is 1. The highest BCUT2D eigenvalue weighted by Gasteiger charge is 2.45. The van der Waals surface area contributed by atoms with Gasteiger partial charge in [-0.3, -0.25) is 14.1 Å². The lowest BCUT2D eigenvalue weighted by Crippen LogP contribution is -2.26. The van der Waals surface area contributed by atoms with E-state index in [0.29, 0.717) is 15.7 Å². The van der Waals surface area contributed by atoms with Crippen molar-refractivity contribution in [2.45, 2.75) is 24.8 Å². The third-order valence-corrected chi connectivity index (χ3v) is 7.08. The van der Waals surface area contributed by atoms with Crippen molar-refractivity contribution < 1.29 is 31.5 Å². The molecule has 5 rings (SSSR count). The monoisotopic (exact) mass is 499 g/mol. The van der Waals surface area contributed by atoms with E-state index in [1.165, 1.54) is 28.4 Å². The second-order valence-corrected chi connectivity index (χ2v) is 9.84. The quantitative estimate of drug-likeness (QED) is 0.548. The first-order valence-corrected chi connectivity index (χ1v) is 11.2. The zero-order valence-corrected chi connectivity index (χ0v) is 17.6. The number of sulfone groups is 1. The normalized spacial score (nSPS) is 17.1. The lowest BCUT2D eigenvalue weighted by atomic mass is 10.1. The molecule has 0 aliphatic carbocycles. The van der Waals surface area contributed by atoms with Crippen molar-refractivity contribution in [1.82, 2.24) is 9.38 Å². The van der Waals surface area contributed by atoms with Crippen molar-refractivity contribution >= 4 is 43.1 Å². The lowest BCUT2D eigenvalue weighted by molar-refractivity contribution is -0.286. The van der Waals surface area contributed by atoms with E-state index in [4.69, 9.17) is 0 Å². The molecule has 1 aromatic carbocycles. The average molecular weight is 500 g/mol. The molecule has 0 spiro atoms. The molecule has 2 aliphatic rings. The number of pyridine rings is 1. The minimum absolute atomic E-state index is 0.0246. The van der Waals surface area contributed by atoms with Crippen LogP contribution in [0.1, 0.15) is 22.8 Å². The van der Waals surface area contributed by atoms with Crippen molar-refractivity contribution in [2.75, 3.05) is 10.7 Å². The summed E-state index contributed by atoms with van der Waals surface area (Å²) in [6.07, 6.45) is -2.24. The van der Waals surface area contributed by atoms with E-state index in [2.05, 4.69) is 30.4 Å². The molecule has 12 heteroatoms. The highest BCUT2D eigenvalue weighted by atomic mass is 79.9. The van der Waals surface area contributed by atoms with Gasteiger partial charge in [-0.25, -0.2) is 13.4 Å². The molecular formula is C18H12BrF2N3O5S. The first-order valence-electron chi connectivity index (χ1n) is 8.74. The fourth-order valence-corrected chi connectivity index (χ4v) is 5.00. The Morgan fingerprint density at radius 3 is 2.63 bits per heavy atom. The number of alkyl halides is 2. The molecule has 156 valence electrons. The number of rotatable bonds is 3. The summed E-state index contributed by atoms with van der Waals surface area (Å²) in [4.78, 5) is 18.6. The van der Waals surface area contributed by atoms with Crippen LogP contribution in [-0.2, 0) is 16.4 Å². The second-order valence-electron chi connectivity index (χ2n) is 6.73. The fourth-order valence-electron chi connectivity index (χ4n) is 3.51. The molecule has 2 aliphatic heterocycles. The topological polar surface area (TPSA) is 90.2 Å². The highest BCUT2D eigenvalue weighted by Crippen LogP contribution is 2.45. The number of carbonyl (C=O) groups excluding carboxylic acids is 1. The van der Waals surface area contributed by atoms with E-state index < -0.39 is 22.0 Å². The number of benzene rings is 1. The predicted octanol–water partition coefficient (Wildman–Crippen LogP) is 3.37. The van der Waals surface area contributed by atoms with Crippen molar-refractivity contribution in [1.29, 1.82) is 0 Å². The maximum absolute atomic E-state index is 13.3. The highest BCUT2D eigenvalue weighted by molar-refractivity contribution is 9.10. The van der Waals surface area contributed by atoms with Crippen molar-refractivity contribution in [2.24, 2.45) is 0 Å². The third kappa shape index (κ3) is 2.77. The summed E-state index contributed by atoms with van der Waals surface area (Å²) in [5.41, 5.74) is 0.865. The standard InChI is InChI=1S/C18H12BrF2N3O5S/c1-2-30(26,27)17-15(22-14-4-3-10(19)8-23(14)17)24-7-9-5-12-13(6-11(9)16(24)25)29-18(20,21)28-12/h3-6,8H,2,7H2,1H3. The molecule has 3 aromatic rings. The van der Waals surface area contributed by atoms with Crippen LogP contribution in [0.3, 0.4) is 0 Å². The number of hydrogen-bond donors (Lipinski definition) is 0. The van der Waals surface area contributed by atoms with Gasteiger partial charge in [0.15, 0.2) is 32.2 Å². The number of amides is 1. The van der Waals surface area contributed by atoms with Crippen molar-refractivity contribution in [3.63, 3.8) is 0 Å². The van der Waals surface area contributed by atoms with Crippen LogP contribution in [0.2, 0.25) is 0 Å². The van der Waals surface area contributed by atoms with Gasteiger partial charge < -0.3 is 9.47 Å². The largest absolute Gasteiger partial charge is 0.586 e. The van der Waals surface area contributed by atoms with E-state index in [1.807, 2.05) is 0 Å². The SMILES string of the molecule is CCS(=O)(=O)c1c(N2Cc3cc4c(cc3C2=O)OC(F)(F)O4)nc2ccc(Br)cn12. The Kier molecular flexibility index (Phi) is 3.94. The zero-order valence-electron chi connectivity index (χ0n) is 15.2. The number of hydrogen-bond acceptors (Lipinski definition) is 6. The molecule has 2 aromatic heterocycles. The molecule has 0 saturated carbocycles. The summed E-state index contributed by atoms with van der Waals surface area (Å²) in [5.74, 6) is -1.23. The van der Waals surface area contributed by atoms with Crippen LogP contribution >= 0.6 is 15.9 Å². The Bertz CT molecular complexity index is 1360. The van der Waals surface area contributed by atoms with Gasteiger partial charge >= 0.3 is 6.29 Å². The molecule has 0 N–H and O–H groups in total. The average Bonchev–Trinajstić information content (AvgIpc) is 3.29. The summed E-state index contributed by atoms with van der Waals surface area (Å²) in [6, 6.07) is 5.79. The zero-order chi connectivity index (χ0) is 21.4. The number of fused-ring (bicyclic) bond motifs is 3. The van der Waals surface area contributed by atoms with Crippen LogP contribution in [0.15, 0.2) is 40.0 Å². The van der Waals surface area contributed by atoms with Gasteiger partial charge in [0.05, 0.1) is 12.3 Å². The lowest BCUT2D eigenvalue weighted by Gasteiger charge is -2.15. The van der Waals surface area contributed by atoms with Crippen LogP contribution in [0.4, 0.5) is 14.6 Å². The number of ether oxygens (including phenoxy) is 2. The minimum Gasteiger partial charge on any atom is -0.395 e. The van der Waals surface area contributed by atoms with Gasteiger partial charge in [-0.05, 0) is 45.8 Å². The Labute approximate surface area is 177 Å². The third-order valence-electron chi connectivity index (χ3n) is 4.88. The molecule has 30 heavy (non-hydrogen) atoms. The van der Waals surface area contributed by atoms with Gasteiger partial charge in [-0.15, -0.1) is 8.78 Å². The molecule has 0 unspecified atom stereocenters. The molecule has 4 heterocycles. The number of aromatic nitrogens is 2. The van der Waals surface area contributed by atoms with Crippen molar-refractivity contribution in [3.05, 3.63) is 46.1 Å².